The van der Waals surface area contributed by atoms with Crippen molar-refractivity contribution in [3.8, 4) is 5.75 Å². The number of aliphatic carboxylic acids is 2. The molecule has 5 N–H and O–H groups in total. The molecule has 0 saturated heterocycles. The number of phenols is 1. The molecule has 2 atom stereocenters. The number of carboxylic acid groups (broad SMARTS) is 2. The summed E-state index contributed by atoms with van der Waals surface area (Å²) in [6.07, 6.45) is 2.12. The summed E-state index contributed by atoms with van der Waals surface area (Å²) in [5.74, 6) is -2.43. The van der Waals surface area contributed by atoms with Gasteiger partial charge in [-0.2, -0.15) is 0 Å². The second-order valence-electron chi connectivity index (χ2n) is 7.12. The number of carbonyl (C=O) groups excluding carboxylic acids is 1. The number of hydrogen-bond donors (Lipinski definition) is 5. The summed E-state index contributed by atoms with van der Waals surface area (Å²) in [6, 6.07) is 4.00. The average molecular weight is 394 g/mol. The molecule has 154 valence electrons. The predicted octanol–water partition coefficient (Wildman–Crippen LogP) is 1.04. The van der Waals surface area contributed by atoms with Gasteiger partial charge in [-0.05, 0) is 36.5 Å². The molecule has 0 bridgehead atoms. The highest BCUT2D eigenvalue weighted by Crippen LogP contribution is 2.25. The quantitative estimate of drug-likeness (QED) is 0.420. The molecule has 9 nitrogen and oxygen atoms in total. The minimum absolute atomic E-state index is 0.000105. The van der Waals surface area contributed by atoms with Crippen LogP contribution in [0.25, 0.3) is 0 Å². The van der Waals surface area contributed by atoms with Crippen LogP contribution in [0.15, 0.2) is 24.3 Å². The van der Waals surface area contributed by atoms with Crippen molar-refractivity contribution in [1.29, 1.82) is 0 Å². The van der Waals surface area contributed by atoms with E-state index in [0.29, 0.717) is 5.56 Å². The number of aromatic hydroxyl groups is 1. The molecular weight excluding hydrogens is 368 g/mol. The number of benzene rings is 1. The predicted molar refractivity (Wildman–Crippen MR) is 98.9 cm³/mol. The third kappa shape index (κ3) is 6.41. The van der Waals surface area contributed by atoms with E-state index in [-0.39, 0.29) is 24.6 Å². The van der Waals surface area contributed by atoms with Crippen LogP contribution >= 0.6 is 0 Å². The first-order valence-corrected chi connectivity index (χ1v) is 9.23. The summed E-state index contributed by atoms with van der Waals surface area (Å²) in [7, 11) is 0. The molecule has 2 amide bonds. The molecule has 1 aliphatic carbocycles. The maximum Gasteiger partial charge on any atom is 0.334 e. The van der Waals surface area contributed by atoms with Gasteiger partial charge in [-0.3, -0.25) is 0 Å². The van der Waals surface area contributed by atoms with E-state index in [1.807, 2.05) is 0 Å². The van der Waals surface area contributed by atoms with Crippen molar-refractivity contribution in [2.24, 2.45) is 5.92 Å². The lowest BCUT2D eigenvalue weighted by Gasteiger charge is -2.28. The smallest absolute Gasteiger partial charge is 0.334 e. The van der Waals surface area contributed by atoms with E-state index < -0.39 is 36.7 Å². The molecular formula is C19H26N2O7. The van der Waals surface area contributed by atoms with Crippen LogP contribution in [0, 0.1) is 5.92 Å². The SMILES string of the molecule is O=C(O)[C@H](Cc1ccc(O)cc1)NC(=O)N(CC1CCCC1)C[C@H](O)C(=O)O. The van der Waals surface area contributed by atoms with Crippen LogP contribution in [0.4, 0.5) is 4.79 Å². The number of hydrogen-bond acceptors (Lipinski definition) is 5. The van der Waals surface area contributed by atoms with Crippen molar-refractivity contribution >= 4 is 18.0 Å². The third-order valence-corrected chi connectivity index (χ3v) is 4.89. The van der Waals surface area contributed by atoms with Gasteiger partial charge in [0.05, 0.1) is 6.54 Å². The highest BCUT2D eigenvalue weighted by atomic mass is 16.4. The maximum atomic E-state index is 12.7. The molecule has 1 fully saturated rings. The Morgan fingerprint density at radius 2 is 1.68 bits per heavy atom. The molecule has 9 heteroatoms. The molecule has 0 unspecified atom stereocenters. The van der Waals surface area contributed by atoms with E-state index in [1.54, 1.807) is 12.1 Å². The second-order valence-corrected chi connectivity index (χ2v) is 7.12. The van der Waals surface area contributed by atoms with Crippen molar-refractivity contribution in [2.75, 3.05) is 13.1 Å². The zero-order valence-corrected chi connectivity index (χ0v) is 15.5. The largest absolute Gasteiger partial charge is 0.508 e. The zero-order valence-electron chi connectivity index (χ0n) is 15.5. The van der Waals surface area contributed by atoms with Gasteiger partial charge in [0.1, 0.15) is 11.8 Å². The normalized spacial score (nSPS) is 16.3. The number of urea groups is 1. The first kappa shape index (κ1) is 21.5. The van der Waals surface area contributed by atoms with E-state index in [0.717, 1.165) is 25.7 Å². The highest BCUT2D eigenvalue weighted by molar-refractivity contribution is 5.83. The summed E-state index contributed by atoms with van der Waals surface area (Å²) in [5, 5.41) is 39.8. The highest BCUT2D eigenvalue weighted by Gasteiger charge is 2.29. The minimum atomic E-state index is -1.74. The number of carboxylic acids is 2. The van der Waals surface area contributed by atoms with E-state index in [9.17, 15) is 29.7 Å². The molecule has 0 aliphatic heterocycles. The maximum absolute atomic E-state index is 12.7. The van der Waals surface area contributed by atoms with Gasteiger partial charge in [0.25, 0.3) is 0 Å². The molecule has 0 spiro atoms. The van der Waals surface area contributed by atoms with Crippen LogP contribution < -0.4 is 5.32 Å². The molecule has 1 aromatic rings. The van der Waals surface area contributed by atoms with Crippen LogP contribution in [-0.4, -0.2) is 68.5 Å². The van der Waals surface area contributed by atoms with Crippen LogP contribution in [0.2, 0.25) is 0 Å². The molecule has 0 aromatic heterocycles. The number of carbonyl (C=O) groups is 3. The Hall–Kier alpha value is -2.81. The Bertz CT molecular complexity index is 686. The lowest BCUT2D eigenvalue weighted by molar-refractivity contribution is -0.147. The lowest BCUT2D eigenvalue weighted by Crippen LogP contribution is -2.52. The van der Waals surface area contributed by atoms with Gasteiger partial charge < -0.3 is 30.6 Å². The van der Waals surface area contributed by atoms with Crippen LogP contribution in [0.5, 0.6) is 5.75 Å². The topological polar surface area (TPSA) is 147 Å². The fraction of sp³-hybridized carbons (Fsp3) is 0.526. The van der Waals surface area contributed by atoms with Gasteiger partial charge in [0.15, 0.2) is 6.10 Å². The van der Waals surface area contributed by atoms with Crippen molar-refractivity contribution in [2.45, 2.75) is 44.2 Å². The van der Waals surface area contributed by atoms with E-state index in [2.05, 4.69) is 5.32 Å². The molecule has 1 saturated carbocycles. The fourth-order valence-electron chi connectivity index (χ4n) is 3.34. The number of aliphatic hydroxyl groups excluding tert-OH is 1. The van der Waals surface area contributed by atoms with Crippen molar-refractivity contribution < 1.29 is 34.8 Å². The summed E-state index contributed by atoms with van der Waals surface area (Å²) in [4.78, 5) is 36.4. The molecule has 0 radical (unpaired) electrons. The van der Waals surface area contributed by atoms with Crippen LogP contribution in [-0.2, 0) is 16.0 Å². The fourth-order valence-corrected chi connectivity index (χ4v) is 3.34. The number of nitrogens with one attached hydrogen (secondary N) is 1. The summed E-state index contributed by atoms with van der Waals surface area (Å²) < 4.78 is 0. The van der Waals surface area contributed by atoms with Gasteiger partial charge in [-0.25, -0.2) is 14.4 Å². The Kier molecular flexibility index (Phi) is 7.62. The first-order chi connectivity index (χ1) is 13.3. The molecule has 2 rings (SSSR count). The Morgan fingerprint density at radius 3 is 2.21 bits per heavy atom. The van der Waals surface area contributed by atoms with Crippen molar-refractivity contribution in [1.82, 2.24) is 10.2 Å². The van der Waals surface area contributed by atoms with Gasteiger partial charge in [0, 0.05) is 13.0 Å². The van der Waals surface area contributed by atoms with Gasteiger partial charge >= 0.3 is 18.0 Å². The van der Waals surface area contributed by atoms with E-state index in [1.165, 1.54) is 17.0 Å². The number of phenolic OH excluding ortho intramolecular Hbond substituents is 1. The second kappa shape index (κ2) is 9.93. The van der Waals surface area contributed by atoms with Crippen LogP contribution in [0.3, 0.4) is 0 Å². The van der Waals surface area contributed by atoms with Crippen molar-refractivity contribution in [3.63, 3.8) is 0 Å². The van der Waals surface area contributed by atoms with Crippen LogP contribution in [0.1, 0.15) is 31.2 Å². The van der Waals surface area contributed by atoms with Gasteiger partial charge in [-0.1, -0.05) is 25.0 Å². The zero-order chi connectivity index (χ0) is 20.7. The molecule has 1 aliphatic rings. The van der Waals surface area contributed by atoms with E-state index in [4.69, 9.17) is 5.11 Å². The average Bonchev–Trinajstić information content (AvgIpc) is 3.15. The lowest BCUT2D eigenvalue weighted by atomic mass is 10.1. The third-order valence-electron chi connectivity index (χ3n) is 4.89. The number of amides is 2. The number of aliphatic hydroxyl groups is 1. The minimum Gasteiger partial charge on any atom is -0.508 e. The summed E-state index contributed by atoms with van der Waals surface area (Å²) >= 11 is 0. The molecule has 0 heterocycles. The first-order valence-electron chi connectivity index (χ1n) is 9.23. The summed E-state index contributed by atoms with van der Waals surface area (Å²) in [6.45, 7) is -0.148. The molecule has 28 heavy (non-hydrogen) atoms. The Balaban J connectivity index is 2.07. The number of nitrogens with zero attached hydrogens (tertiary/aromatic N) is 1. The van der Waals surface area contributed by atoms with Gasteiger partial charge in [-0.15, -0.1) is 0 Å². The standard InChI is InChI=1S/C19H26N2O7/c22-14-7-5-12(6-8-14)9-15(17(24)25)20-19(28)21(11-16(23)18(26)27)10-13-3-1-2-4-13/h5-8,13,15-16,22-23H,1-4,9-11H2,(H,20,28)(H,24,25)(H,26,27)/t15-,16-/m0/s1. The Morgan fingerprint density at radius 1 is 1.07 bits per heavy atom. The summed E-state index contributed by atoms with van der Waals surface area (Å²) in [5.41, 5.74) is 0.610. The number of rotatable bonds is 9. The monoisotopic (exact) mass is 394 g/mol. The van der Waals surface area contributed by atoms with Gasteiger partial charge in [0.2, 0.25) is 0 Å². The van der Waals surface area contributed by atoms with E-state index >= 15 is 0 Å². The Labute approximate surface area is 162 Å². The molecule has 1 aromatic carbocycles. The van der Waals surface area contributed by atoms with Crippen molar-refractivity contribution in [3.05, 3.63) is 29.8 Å².